The Balaban J connectivity index is 1.28. The number of halogens is 1. The predicted molar refractivity (Wildman–Crippen MR) is 113 cm³/mol. The molecule has 1 aliphatic carbocycles. The van der Waals surface area contributed by atoms with Crippen LogP contribution in [0.2, 0.25) is 0 Å². The zero-order valence-corrected chi connectivity index (χ0v) is 17.7. The van der Waals surface area contributed by atoms with Crippen LogP contribution in [0.25, 0.3) is 0 Å². The molecule has 5 nitrogen and oxygen atoms in total. The molecule has 2 aromatic rings. The van der Waals surface area contributed by atoms with Crippen LogP contribution >= 0.6 is 11.3 Å². The lowest BCUT2D eigenvalue weighted by molar-refractivity contribution is -0.126. The van der Waals surface area contributed by atoms with Crippen molar-refractivity contribution in [2.75, 3.05) is 13.1 Å². The number of fused-ring (bicyclic) bond motifs is 1. The molecule has 4 rings (SSSR count). The number of piperidine rings is 1. The van der Waals surface area contributed by atoms with Crippen molar-refractivity contribution in [3.05, 3.63) is 55.4 Å². The fourth-order valence-electron chi connectivity index (χ4n) is 4.29. The minimum absolute atomic E-state index is 0.0188. The highest BCUT2D eigenvalue weighted by molar-refractivity contribution is 7.09. The number of carbonyl (C=O) groups is 1. The molecule has 0 radical (unpaired) electrons. The molecular formula is C22H28FN3O2S. The number of nitrogens with one attached hydrogen (secondary N) is 1. The van der Waals surface area contributed by atoms with Gasteiger partial charge in [0.2, 0.25) is 5.91 Å². The van der Waals surface area contributed by atoms with Gasteiger partial charge >= 0.3 is 4.87 Å². The summed E-state index contributed by atoms with van der Waals surface area (Å²) in [6.07, 6.45) is 5.96. The molecule has 1 amide bonds. The van der Waals surface area contributed by atoms with E-state index in [4.69, 9.17) is 0 Å². The van der Waals surface area contributed by atoms with Crippen molar-refractivity contribution in [1.82, 2.24) is 14.8 Å². The van der Waals surface area contributed by atoms with Gasteiger partial charge in [0, 0.05) is 36.1 Å². The summed E-state index contributed by atoms with van der Waals surface area (Å²) in [4.78, 5) is 28.6. The summed E-state index contributed by atoms with van der Waals surface area (Å²) in [6.45, 7) is 4.35. The quantitative estimate of drug-likeness (QED) is 0.813. The molecule has 156 valence electrons. The van der Waals surface area contributed by atoms with Crippen molar-refractivity contribution in [3.63, 3.8) is 0 Å². The number of amides is 1. The molecule has 2 heterocycles. The maximum absolute atomic E-state index is 13.6. The second-order valence-electron chi connectivity index (χ2n) is 8.21. The van der Waals surface area contributed by atoms with Gasteiger partial charge in [0.25, 0.3) is 0 Å². The van der Waals surface area contributed by atoms with Crippen LogP contribution in [-0.2, 0) is 30.8 Å². The fourth-order valence-corrected chi connectivity index (χ4v) is 5.35. The molecule has 29 heavy (non-hydrogen) atoms. The highest BCUT2D eigenvalue weighted by atomic mass is 32.1. The maximum Gasteiger partial charge on any atom is 0.308 e. The van der Waals surface area contributed by atoms with E-state index in [0.29, 0.717) is 18.8 Å². The third kappa shape index (κ3) is 4.61. The van der Waals surface area contributed by atoms with Crippen LogP contribution < -0.4 is 10.2 Å². The van der Waals surface area contributed by atoms with Crippen molar-refractivity contribution < 1.29 is 9.18 Å². The number of likely N-dealkylation sites (tertiary alicyclic amines) is 1. The second kappa shape index (κ2) is 8.79. The number of rotatable bonds is 5. The molecule has 0 atom stereocenters. The smallest absolute Gasteiger partial charge is 0.308 e. The van der Waals surface area contributed by atoms with E-state index in [2.05, 4.69) is 10.2 Å². The predicted octanol–water partition coefficient (Wildman–Crippen LogP) is 3.22. The molecule has 7 heteroatoms. The third-order valence-corrected chi connectivity index (χ3v) is 7.23. The van der Waals surface area contributed by atoms with Crippen LogP contribution in [0.1, 0.15) is 47.4 Å². The van der Waals surface area contributed by atoms with E-state index in [1.807, 2.05) is 10.6 Å². The highest BCUT2D eigenvalue weighted by Gasteiger charge is 2.26. The first-order valence-corrected chi connectivity index (χ1v) is 11.3. The Hall–Kier alpha value is -1.99. The Labute approximate surface area is 174 Å². The van der Waals surface area contributed by atoms with Gasteiger partial charge in [0.1, 0.15) is 5.82 Å². The molecule has 1 fully saturated rings. The van der Waals surface area contributed by atoms with Gasteiger partial charge in [-0.3, -0.25) is 19.1 Å². The highest BCUT2D eigenvalue weighted by Crippen LogP contribution is 2.25. The molecule has 1 N–H and O–H groups in total. The molecule has 0 unspecified atom stereocenters. The second-order valence-corrected chi connectivity index (χ2v) is 9.25. The first-order chi connectivity index (χ1) is 14.0. The summed E-state index contributed by atoms with van der Waals surface area (Å²) in [7, 11) is 0. The van der Waals surface area contributed by atoms with E-state index in [9.17, 15) is 14.0 Å². The average Bonchev–Trinajstić information content (AvgIpc) is 3.04. The summed E-state index contributed by atoms with van der Waals surface area (Å²) in [5.41, 5.74) is 2.62. The van der Waals surface area contributed by atoms with Crippen molar-refractivity contribution >= 4 is 17.2 Å². The summed E-state index contributed by atoms with van der Waals surface area (Å²) in [5.74, 6) is -0.221. The van der Waals surface area contributed by atoms with Crippen molar-refractivity contribution in [1.29, 1.82) is 0 Å². The molecule has 1 aliphatic heterocycles. The van der Waals surface area contributed by atoms with E-state index in [1.165, 1.54) is 34.4 Å². The minimum Gasteiger partial charge on any atom is -0.352 e. The maximum atomic E-state index is 13.6. The fraction of sp³-hybridized carbons (Fsp3) is 0.545. The number of carbonyl (C=O) groups excluding carboxylic acids is 1. The Morgan fingerprint density at radius 2 is 2.00 bits per heavy atom. The summed E-state index contributed by atoms with van der Waals surface area (Å²) in [5, 5.41) is 2.95. The van der Waals surface area contributed by atoms with Gasteiger partial charge in [-0.25, -0.2) is 4.39 Å². The largest absolute Gasteiger partial charge is 0.352 e. The SMILES string of the molecule is Cc1ccc(CNC(=O)C2CCN(Cn3c4c(sc3=O)CCCC4)CC2)cc1F. The van der Waals surface area contributed by atoms with Gasteiger partial charge in [-0.2, -0.15) is 0 Å². The Morgan fingerprint density at radius 1 is 1.24 bits per heavy atom. The van der Waals surface area contributed by atoms with Gasteiger partial charge in [0.05, 0.1) is 6.67 Å². The number of benzene rings is 1. The molecule has 0 bridgehead atoms. The first kappa shape index (κ1) is 20.3. The van der Waals surface area contributed by atoms with Crippen LogP contribution in [0.4, 0.5) is 4.39 Å². The number of nitrogens with zero attached hydrogens (tertiary/aromatic N) is 2. The number of hydrogen-bond acceptors (Lipinski definition) is 4. The normalized spacial score (nSPS) is 17.9. The van der Waals surface area contributed by atoms with E-state index in [-0.39, 0.29) is 22.5 Å². The molecule has 1 saturated heterocycles. The lowest BCUT2D eigenvalue weighted by Crippen LogP contribution is -2.42. The Morgan fingerprint density at radius 3 is 2.76 bits per heavy atom. The topological polar surface area (TPSA) is 54.3 Å². The van der Waals surface area contributed by atoms with Crippen molar-refractivity contribution in [3.8, 4) is 0 Å². The summed E-state index contributed by atoms with van der Waals surface area (Å²) < 4.78 is 15.6. The summed E-state index contributed by atoms with van der Waals surface area (Å²) in [6, 6.07) is 5.07. The molecule has 0 spiro atoms. The number of aryl methyl sites for hydroxylation is 2. The Kier molecular flexibility index (Phi) is 6.15. The van der Waals surface area contributed by atoms with Crippen molar-refractivity contribution in [2.45, 2.75) is 58.7 Å². The first-order valence-electron chi connectivity index (χ1n) is 10.5. The van der Waals surface area contributed by atoms with E-state index in [1.54, 1.807) is 13.0 Å². The lowest BCUT2D eigenvalue weighted by atomic mass is 9.96. The van der Waals surface area contributed by atoms with Crippen LogP contribution in [0, 0.1) is 18.7 Å². The lowest BCUT2D eigenvalue weighted by Gasteiger charge is -2.31. The van der Waals surface area contributed by atoms with Gasteiger partial charge in [0.15, 0.2) is 0 Å². The van der Waals surface area contributed by atoms with Crippen molar-refractivity contribution in [2.24, 2.45) is 5.92 Å². The van der Waals surface area contributed by atoms with E-state index >= 15 is 0 Å². The van der Waals surface area contributed by atoms with Crippen LogP contribution in [0.15, 0.2) is 23.0 Å². The van der Waals surface area contributed by atoms with Gasteiger partial charge < -0.3 is 5.32 Å². The van der Waals surface area contributed by atoms with E-state index < -0.39 is 0 Å². The minimum atomic E-state index is -0.240. The van der Waals surface area contributed by atoms with Gasteiger partial charge in [-0.1, -0.05) is 23.5 Å². The van der Waals surface area contributed by atoms with Crippen LogP contribution in [0.3, 0.4) is 0 Å². The monoisotopic (exact) mass is 417 g/mol. The Bertz CT molecular complexity index is 944. The zero-order valence-electron chi connectivity index (χ0n) is 16.9. The number of thiazole rings is 1. The molecular weight excluding hydrogens is 389 g/mol. The standard InChI is InChI=1S/C22H28FN3O2S/c1-15-6-7-16(12-18(15)23)13-24-21(27)17-8-10-25(11-9-17)14-26-19-4-2-3-5-20(19)29-22(26)28/h6-7,12,17H,2-5,8-11,13-14H2,1H3,(H,24,27). The molecule has 1 aromatic heterocycles. The van der Waals surface area contributed by atoms with Gasteiger partial charge in [-0.15, -0.1) is 0 Å². The number of aromatic nitrogens is 1. The average molecular weight is 418 g/mol. The van der Waals surface area contributed by atoms with Crippen LogP contribution in [0.5, 0.6) is 0 Å². The molecule has 1 aromatic carbocycles. The third-order valence-electron chi connectivity index (χ3n) is 6.15. The van der Waals surface area contributed by atoms with E-state index in [0.717, 1.165) is 50.8 Å². The summed E-state index contributed by atoms with van der Waals surface area (Å²) >= 11 is 1.41. The zero-order chi connectivity index (χ0) is 20.4. The van der Waals surface area contributed by atoms with Crippen LogP contribution in [-0.4, -0.2) is 28.5 Å². The number of hydrogen-bond donors (Lipinski definition) is 1. The molecule has 2 aliphatic rings. The van der Waals surface area contributed by atoms with Gasteiger partial charge in [-0.05, 0) is 62.6 Å². The molecule has 0 saturated carbocycles.